The van der Waals surface area contributed by atoms with E-state index < -0.39 is 23.9 Å². The van der Waals surface area contributed by atoms with Crippen LogP contribution in [-0.2, 0) is 4.79 Å². The molecule has 0 aliphatic rings. The lowest BCUT2D eigenvalue weighted by Gasteiger charge is -2.20. The number of halogens is 1. The first-order valence-electron chi connectivity index (χ1n) is 4.95. The number of para-hydroxylation sites is 1. The van der Waals surface area contributed by atoms with Crippen LogP contribution >= 0.6 is 0 Å². The van der Waals surface area contributed by atoms with Crippen molar-refractivity contribution >= 4 is 17.7 Å². The lowest BCUT2D eigenvalue weighted by atomic mass is 10.3. The van der Waals surface area contributed by atoms with Gasteiger partial charge in [-0.3, -0.25) is 9.69 Å². The Hall–Kier alpha value is -2.11. The fourth-order valence-electron chi connectivity index (χ4n) is 1.18. The Morgan fingerprint density at radius 1 is 1.41 bits per heavy atom. The third kappa shape index (κ3) is 3.17. The van der Waals surface area contributed by atoms with E-state index in [1.165, 1.54) is 32.2 Å². The van der Waals surface area contributed by atoms with Gasteiger partial charge in [0.05, 0.1) is 5.69 Å². The summed E-state index contributed by atoms with van der Waals surface area (Å²) in [6.45, 7) is 1.33. The van der Waals surface area contributed by atoms with Gasteiger partial charge in [-0.05, 0) is 19.1 Å². The number of amides is 2. The molecule has 2 N–H and O–H groups in total. The topological polar surface area (TPSA) is 69.6 Å². The van der Waals surface area contributed by atoms with Crippen LogP contribution in [0.5, 0.6) is 0 Å². The minimum absolute atomic E-state index is 0.0857. The number of aliphatic carboxylic acids is 1. The second-order valence-corrected chi connectivity index (χ2v) is 3.52. The zero-order valence-corrected chi connectivity index (χ0v) is 9.48. The van der Waals surface area contributed by atoms with Crippen molar-refractivity contribution in [1.82, 2.24) is 5.32 Å². The Morgan fingerprint density at radius 2 is 2.00 bits per heavy atom. The van der Waals surface area contributed by atoms with Crippen LogP contribution in [0, 0.1) is 5.82 Å². The van der Waals surface area contributed by atoms with E-state index in [-0.39, 0.29) is 5.69 Å². The van der Waals surface area contributed by atoms with E-state index in [2.05, 4.69) is 5.32 Å². The van der Waals surface area contributed by atoms with Crippen LogP contribution in [0.3, 0.4) is 0 Å². The molecule has 1 aromatic carbocycles. The van der Waals surface area contributed by atoms with Gasteiger partial charge in [-0.15, -0.1) is 0 Å². The lowest BCUT2D eigenvalue weighted by molar-refractivity contribution is -0.138. The molecular formula is C11H13FN2O3. The fraction of sp³-hybridized carbons (Fsp3) is 0.273. The minimum Gasteiger partial charge on any atom is -0.480 e. The van der Waals surface area contributed by atoms with Gasteiger partial charge in [-0.25, -0.2) is 9.18 Å². The van der Waals surface area contributed by atoms with Gasteiger partial charge in [-0.1, -0.05) is 12.1 Å². The van der Waals surface area contributed by atoms with Gasteiger partial charge < -0.3 is 10.4 Å². The van der Waals surface area contributed by atoms with Crippen molar-refractivity contribution in [1.29, 1.82) is 0 Å². The Bertz CT molecular complexity index is 436. The first-order valence-corrected chi connectivity index (χ1v) is 4.95. The van der Waals surface area contributed by atoms with E-state index >= 15 is 0 Å². The molecule has 0 bridgehead atoms. The molecule has 1 aromatic rings. The van der Waals surface area contributed by atoms with Crippen molar-refractivity contribution in [3.63, 3.8) is 0 Å². The lowest BCUT2D eigenvalue weighted by Crippen LogP contribution is -2.45. The third-order valence-electron chi connectivity index (χ3n) is 2.23. The Kier molecular flexibility index (Phi) is 4.03. The molecule has 0 spiro atoms. The van der Waals surface area contributed by atoms with Gasteiger partial charge in [-0.2, -0.15) is 0 Å². The second kappa shape index (κ2) is 5.29. The standard InChI is InChI=1S/C11H13FN2O3/c1-7(10(15)16)13-11(17)14(2)9-6-4-3-5-8(9)12/h3-7H,1-2H3,(H,13,17)(H,15,16)/t7-/m0/s1. The predicted molar refractivity (Wildman–Crippen MR) is 60.4 cm³/mol. The van der Waals surface area contributed by atoms with E-state index in [1.807, 2.05) is 0 Å². The summed E-state index contributed by atoms with van der Waals surface area (Å²) < 4.78 is 13.4. The normalized spacial score (nSPS) is 11.7. The molecule has 92 valence electrons. The first-order chi connectivity index (χ1) is 7.93. The molecule has 17 heavy (non-hydrogen) atoms. The molecule has 0 heterocycles. The van der Waals surface area contributed by atoms with Crippen LogP contribution < -0.4 is 10.2 Å². The smallest absolute Gasteiger partial charge is 0.325 e. The van der Waals surface area contributed by atoms with Crippen molar-refractivity contribution in [2.45, 2.75) is 13.0 Å². The van der Waals surface area contributed by atoms with Crippen molar-refractivity contribution in [3.8, 4) is 0 Å². The van der Waals surface area contributed by atoms with Gasteiger partial charge in [0.2, 0.25) is 0 Å². The molecule has 0 aliphatic heterocycles. The van der Waals surface area contributed by atoms with Crippen LogP contribution in [0.1, 0.15) is 6.92 Å². The molecule has 0 unspecified atom stereocenters. The number of nitrogens with zero attached hydrogens (tertiary/aromatic N) is 1. The second-order valence-electron chi connectivity index (χ2n) is 3.52. The molecule has 0 aliphatic carbocycles. The number of carbonyl (C=O) groups excluding carboxylic acids is 1. The number of anilines is 1. The first kappa shape index (κ1) is 13.0. The van der Waals surface area contributed by atoms with Crippen LogP contribution in [0.25, 0.3) is 0 Å². The van der Waals surface area contributed by atoms with Crippen LogP contribution in [0.4, 0.5) is 14.9 Å². The molecule has 2 amide bonds. The highest BCUT2D eigenvalue weighted by Gasteiger charge is 2.19. The van der Waals surface area contributed by atoms with Crippen molar-refractivity contribution in [2.75, 3.05) is 11.9 Å². The summed E-state index contributed by atoms with van der Waals surface area (Å²) in [5.74, 6) is -1.70. The summed E-state index contributed by atoms with van der Waals surface area (Å²) in [4.78, 5) is 23.2. The predicted octanol–water partition coefficient (Wildman–Crippen LogP) is 1.44. The number of nitrogens with one attached hydrogen (secondary N) is 1. The monoisotopic (exact) mass is 240 g/mol. The third-order valence-corrected chi connectivity index (χ3v) is 2.23. The zero-order chi connectivity index (χ0) is 13.0. The van der Waals surface area contributed by atoms with E-state index in [1.54, 1.807) is 6.07 Å². The summed E-state index contributed by atoms with van der Waals surface area (Å²) >= 11 is 0. The van der Waals surface area contributed by atoms with Gasteiger partial charge in [0.15, 0.2) is 0 Å². The highest BCUT2D eigenvalue weighted by Crippen LogP contribution is 2.16. The molecule has 1 atom stereocenters. The van der Waals surface area contributed by atoms with Crippen molar-refractivity contribution in [3.05, 3.63) is 30.1 Å². The number of rotatable bonds is 3. The molecule has 0 saturated heterocycles. The Morgan fingerprint density at radius 3 is 2.53 bits per heavy atom. The molecule has 5 nitrogen and oxygen atoms in total. The molecule has 0 saturated carbocycles. The molecule has 1 rings (SSSR count). The number of urea groups is 1. The average molecular weight is 240 g/mol. The minimum atomic E-state index is -1.15. The average Bonchev–Trinajstić information content (AvgIpc) is 2.28. The molecule has 0 aromatic heterocycles. The number of carboxylic acid groups (broad SMARTS) is 1. The quantitative estimate of drug-likeness (QED) is 0.840. The summed E-state index contributed by atoms with van der Waals surface area (Å²) in [7, 11) is 1.36. The summed E-state index contributed by atoms with van der Waals surface area (Å²) in [5, 5.41) is 10.9. The van der Waals surface area contributed by atoms with Crippen LogP contribution in [0.15, 0.2) is 24.3 Å². The van der Waals surface area contributed by atoms with Gasteiger partial charge in [0.25, 0.3) is 0 Å². The van der Waals surface area contributed by atoms with Gasteiger partial charge in [0.1, 0.15) is 11.9 Å². The molecule has 6 heteroatoms. The maximum absolute atomic E-state index is 13.4. The van der Waals surface area contributed by atoms with E-state index in [0.717, 1.165) is 4.90 Å². The molecular weight excluding hydrogens is 227 g/mol. The largest absolute Gasteiger partial charge is 0.480 e. The highest BCUT2D eigenvalue weighted by molar-refractivity contribution is 5.93. The van der Waals surface area contributed by atoms with E-state index in [9.17, 15) is 14.0 Å². The van der Waals surface area contributed by atoms with Gasteiger partial charge >= 0.3 is 12.0 Å². The fourth-order valence-corrected chi connectivity index (χ4v) is 1.18. The number of carboxylic acids is 1. The number of hydrogen-bond acceptors (Lipinski definition) is 2. The maximum Gasteiger partial charge on any atom is 0.325 e. The van der Waals surface area contributed by atoms with Gasteiger partial charge in [0, 0.05) is 7.05 Å². The summed E-state index contributed by atoms with van der Waals surface area (Å²) in [6, 6.07) is 4.04. The Balaban J connectivity index is 2.77. The number of carbonyl (C=O) groups is 2. The number of hydrogen-bond donors (Lipinski definition) is 2. The molecule has 0 fully saturated rings. The van der Waals surface area contributed by atoms with Crippen molar-refractivity contribution < 1.29 is 19.1 Å². The van der Waals surface area contributed by atoms with Crippen molar-refractivity contribution in [2.24, 2.45) is 0 Å². The molecule has 0 radical (unpaired) electrons. The highest BCUT2D eigenvalue weighted by atomic mass is 19.1. The van der Waals surface area contributed by atoms with E-state index in [4.69, 9.17) is 5.11 Å². The van der Waals surface area contributed by atoms with Crippen LogP contribution in [-0.4, -0.2) is 30.2 Å². The Labute approximate surface area is 97.8 Å². The summed E-state index contributed by atoms with van der Waals surface area (Å²) in [6.07, 6.45) is 0. The zero-order valence-electron chi connectivity index (χ0n) is 9.48. The van der Waals surface area contributed by atoms with Crippen LogP contribution in [0.2, 0.25) is 0 Å². The number of benzene rings is 1. The SMILES string of the molecule is C[C@H](NC(=O)N(C)c1ccccc1F)C(=O)O. The summed E-state index contributed by atoms with van der Waals surface area (Å²) in [5.41, 5.74) is 0.0857. The maximum atomic E-state index is 13.4. The van der Waals surface area contributed by atoms with E-state index in [0.29, 0.717) is 0 Å².